The van der Waals surface area contributed by atoms with E-state index in [9.17, 15) is 43.2 Å². The molecule has 0 rings (SSSR count). The van der Waals surface area contributed by atoms with Gasteiger partial charge in [-0.05, 0) is 135 Å². The van der Waals surface area contributed by atoms with Gasteiger partial charge in [-0.15, -0.1) is 0 Å². The number of allylic oxidation sites excluding steroid dienone is 22. The third-order valence-corrected chi connectivity index (χ3v) is 18.0. The summed E-state index contributed by atoms with van der Waals surface area (Å²) in [6, 6.07) is 0. The van der Waals surface area contributed by atoms with Gasteiger partial charge in [0.05, 0.1) is 26.4 Å². The Hall–Kier alpha value is -4.80. The fraction of sp³-hybridized carbons (Fsp3) is 0.687. The van der Waals surface area contributed by atoms with Gasteiger partial charge in [-0.2, -0.15) is 0 Å². The molecule has 102 heavy (non-hydrogen) atoms. The van der Waals surface area contributed by atoms with Crippen LogP contribution in [-0.4, -0.2) is 96.7 Å². The fourth-order valence-electron chi connectivity index (χ4n) is 10.2. The maximum Gasteiger partial charge on any atom is 0.472 e. The Morgan fingerprint density at radius 2 is 0.510 bits per heavy atom. The summed E-state index contributed by atoms with van der Waals surface area (Å²) in [7, 11) is -9.98. The van der Waals surface area contributed by atoms with E-state index in [-0.39, 0.29) is 25.7 Å². The molecule has 0 bridgehead atoms. The van der Waals surface area contributed by atoms with E-state index in [1.165, 1.54) is 64.2 Å². The second-order valence-corrected chi connectivity index (χ2v) is 28.8. The largest absolute Gasteiger partial charge is 0.472 e. The predicted molar refractivity (Wildman–Crippen MR) is 418 cm³/mol. The van der Waals surface area contributed by atoms with Crippen LogP contribution < -0.4 is 0 Å². The molecule has 0 heterocycles. The number of hydrogen-bond donors (Lipinski definition) is 3. The van der Waals surface area contributed by atoms with Crippen molar-refractivity contribution in [1.82, 2.24) is 0 Å². The number of phosphoric ester groups is 2. The molecule has 0 spiro atoms. The molecule has 17 nitrogen and oxygen atoms in total. The van der Waals surface area contributed by atoms with Crippen molar-refractivity contribution in [2.24, 2.45) is 0 Å². The zero-order valence-electron chi connectivity index (χ0n) is 63.7. The first-order valence-corrected chi connectivity index (χ1v) is 42.4. The highest BCUT2D eigenvalue weighted by Crippen LogP contribution is 2.45. The van der Waals surface area contributed by atoms with E-state index in [2.05, 4.69) is 161 Å². The number of aliphatic hydroxyl groups excluding tert-OH is 1. The summed E-state index contributed by atoms with van der Waals surface area (Å²) in [5, 5.41) is 10.6. The SMILES string of the molecule is CC/C=C\C/C=C\C/C=C\C/C=C\CCCCCCC(=O)OCC(COP(=O)(O)OCC(O)COP(=O)(O)OCC(COC(=O)CCCC/C=C\C/C=C\C/C=C\C/C=C\CC)OC(=O)CCCCCCCCCCCCCCCCC)OC(=O)CCCCCCC/C=C\C/C=C\C/C=C\CC. The number of unbranched alkanes of at least 4 members (excludes halogenated alkanes) is 25. The normalized spacial score (nSPS) is 14.6. The van der Waals surface area contributed by atoms with Crippen molar-refractivity contribution in [2.75, 3.05) is 39.6 Å². The van der Waals surface area contributed by atoms with Crippen LogP contribution >= 0.6 is 15.6 Å². The van der Waals surface area contributed by atoms with Gasteiger partial charge in [0.2, 0.25) is 0 Å². The van der Waals surface area contributed by atoms with Crippen molar-refractivity contribution in [1.29, 1.82) is 0 Å². The standard InChI is InChI=1S/C83H140O17P2/c1-5-9-13-17-21-25-29-33-37-38-42-44-48-52-56-60-64-68-81(86)94-74-79(100-83(88)70-66-62-58-54-50-46-41-36-32-28-24-20-16-12-8-4)76-98-102(91,92)96-72-77(84)71-95-101(89,90)97-75-78(99-82(87)69-65-61-57-53-49-45-40-35-31-27-23-19-15-11-7-3)73-93-80(85)67-63-59-55-51-47-43-39-34-30-26-22-18-14-10-6-2/h9-10,12-14,16,21-22,24-26,28,33-34,36-37,39,41-42,44,47,51,77-79,84H,5-8,11,15,17-20,23,27,29-32,35,38,40,43,45-46,48-50,52-76H2,1-4H3,(H,89,90)(H,91,92)/b13-9-,14-10-,16-12-,25-21-,26-22-,28-24-,37-33-,39-34-,41-36-,44-42-,51-47-. The van der Waals surface area contributed by atoms with E-state index in [1.807, 2.05) is 0 Å². The number of hydrogen-bond acceptors (Lipinski definition) is 15. The number of aliphatic hydroxyl groups is 1. The van der Waals surface area contributed by atoms with Gasteiger partial charge in [0.25, 0.3) is 0 Å². The van der Waals surface area contributed by atoms with Crippen LogP contribution in [0.25, 0.3) is 0 Å². The van der Waals surface area contributed by atoms with Crippen LogP contribution in [0.2, 0.25) is 0 Å². The van der Waals surface area contributed by atoms with E-state index in [1.54, 1.807) is 0 Å². The van der Waals surface area contributed by atoms with Gasteiger partial charge < -0.3 is 33.8 Å². The molecule has 0 saturated carbocycles. The number of phosphoric acid groups is 2. The summed E-state index contributed by atoms with van der Waals surface area (Å²) in [5.74, 6) is -2.26. The lowest BCUT2D eigenvalue weighted by Crippen LogP contribution is -2.30. The van der Waals surface area contributed by atoms with Crippen molar-refractivity contribution in [3.8, 4) is 0 Å². The van der Waals surface area contributed by atoms with Gasteiger partial charge in [-0.25, -0.2) is 9.13 Å². The zero-order chi connectivity index (χ0) is 74.6. The number of carbonyl (C=O) groups is 4. The van der Waals surface area contributed by atoms with Crippen LogP contribution in [0.1, 0.15) is 310 Å². The molecule has 0 amide bonds. The van der Waals surface area contributed by atoms with Gasteiger partial charge >= 0.3 is 39.5 Å². The highest BCUT2D eigenvalue weighted by molar-refractivity contribution is 7.47. The highest BCUT2D eigenvalue weighted by Gasteiger charge is 2.30. The maximum atomic E-state index is 13.1. The maximum absolute atomic E-state index is 13.1. The van der Waals surface area contributed by atoms with Gasteiger partial charge in [-0.1, -0.05) is 283 Å². The van der Waals surface area contributed by atoms with Crippen LogP contribution in [0.5, 0.6) is 0 Å². The molecule has 3 N–H and O–H groups in total. The number of rotatable bonds is 73. The Balaban J connectivity index is 5.42. The minimum Gasteiger partial charge on any atom is -0.462 e. The summed E-state index contributed by atoms with van der Waals surface area (Å²) in [5.41, 5.74) is 0. The first-order chi connectivity index (χ1) is 49.7. The molecule has 0 fully saturated rings. The second kappa shape index (κ2) is 74.5. The topological polar surface area (TPSA) is 237 Å². The van der Waals surface area contributed by atoms with Crippen molar-refractivity contribution in [3.05, 3.63) is 134 Å². The van der Waals surface area contributed by atoms with Crippen molar-refractivity contribution < 1.29 is 80.2 Å². The summed E-state index contributed by atoms with van der Waals surface area (Å²) in [6.07, 6.45) is 82.9. The Morgan fingerprint density at radius 3 is 0.804 bits per heavy atom. The Bertz CT molecular complexity index is 2460. The predicted octanol–water partition coefficient (Wildman–Crippen LogP) is 22.9. The molecule has 5 atom stereocenters. The minimum absolute atomic E-state index is 0.0659. The molecule has 19 heteroatoms. The van der Waals surface area contributed by atoms with E-state index in [0.717, 1.165) is 167 Å². The van der Waals surface area contributed by atoms with Crippen molar-refractivity contribution in [2.45, 2.75) is 329 Å². The fourth-order valence-corrected chi connectivity index (χ4v) is 11.8. The molecule has 0 aliphatic heterocycles. The molecule has 0 aliphatic rings. The molecule has 584 valence electrons. The molecular weight excluding hydrogens is 1330 g/mol. The van der Waals surface area contributed by atoms with Crippen molar-refractivity contribution >= 4 is 39.5 Å². The molecule has 5 unspecified atom stereocenters. The third-order valence-electron chi connectivity index (χ3n) is 16.1. The van der Waals surface area contributed by atoms with Gasteiger partial charge in [0.1, 0.15) is 19.3 Å². The summed E-state index contributed by atoms with van der Waals surface area (Å²) in [4.78, 5) is 73.0. The number of esters is 4. The minimum atomic E-state index is -4.99. The Labute approximate surface area is 618 Å². The first kappa shape index (κ1) is 97.2. The van der Waals surface area contributed by atoms with Gasteiger partial charge in [0.15, 0.2) is 12.2 Å². The summed E-state index contributed by atoms with van der Waals surface area (Å²) < 4.78 is 68.5. The highest BCUT2D eigenvalue weighted by atomic mass is 31.2. The molecule has 0 aromatic heterocycles. The lowest BCUT2D eigenvalue weighted by Gasteiger charge is -2.21. The van der Waals surface area contributed by atoms with Crippen LogP contribution in [-0.2, 0) is 65.4 Å². The Morgan fingerprint density at radius 1 is 0.284 bits per heavy atom. The molecule has 0 saturated heterocycles. The quantitative estimate of drug-likeness (QED) is 0.0169. The smallest absolute Gasteiger partial charge is 0.462 e. The second-order valence-electron chi connectivity index (χ2n) is 25.9. The third kappa shape index (κ3) is 73.5. The van der Waals surface area contributed by atoms with E-state index in [0.29, 0.717) is 25.7 Å². The number of carbonyl (C=O) groups excluding carboxylic acids is 4. The van der Waals surface area contributed by atoms with Crippen LogP contribution in [0.15, 0.2) is 134 Å². The Kier molecular flexibility index (Phi) is 71.0. The van der Waals surface area contributed by atoms with E-state index in [4.69, 9.17) is 37.0 Å². The van der Waals surface area contributed by atoms with Gasteiger partial charge in [0, 0.05) is 25.7 Å². The summed E-state index contributed by atoms with van der Waals surface area (Å²) >= 11 is 0. The number of ether oxygens (including phenoxy) is 4. The van der Waals surface area contributed by atoms with Crippen molar-refractivity contribution in [3.63, 3.8) is 0 Å². The molecular formula is C83H140O17P2. The average Bonchev–Trinajstić information content (AvgIpc) is 0.923. The zero-order valence-corrected chi connectivity index (χ0v) is 65.5. The molecule has 0 aromatic carbocycles. The van der Waals surface area contributed by atoms with Crippen LogP contribution in [0.3, 0.4) is 0 Å². The lowest BCUT2D eigenvalue weighted by atomic mass is 10.0. The molecule has 0 aliphatic carbocycles. The molecule has 0 radical (unpaired) electrons. The monoisotopic (exact) mass is 1470 g/mol. The summed E-state index contributed by atoms with van der Waals surface area (Å²) in [6.45, 7) is 4.46. The average molecular weight is 1470 g/mol. The van der Waals surface area contributed by atoms with E-state index >= 15 is 0 Å². The lowest BCUT2D eigenvalue weighted by molar-refractivity contribution is -0.161. The van der Waals surface area contributed by atoms with E-state index < -0.39 is 97.5 Å². The first-order valence-electron chi connectivity index (χ1n) is 39.4. The van der Waals surface area contributed by atoms with Crippen LogP contribution in [0.4, 0.5) is 0 Å². The van der Waals surface area contributed by atoms with Crippen LogP contribution in [0, 0.1) is 0 Å². The van der Waals surface area contributed by atoms with Gasteiger partial charge in [-0.3, -0.25) is 37.3 Å². The molecule has 0 aromatic rings.